The van der Waals surface area contributed by atoms with Gasteiger partial charge in [-0.1, -0.05) is 33.0 Å². The van der Waals surface area contributed by atoms with E-state index in [1.165, 1.54) is 12.8 Å². The van der Waals surface area contributed by atoms with Gasteiger partial charge in [-0.05, 0) is 24.2 Å². The van der Waals surface area contributed by atoms with E-state index in [0.29, 0.717) is 16.1 Å². The fourth-order valence-electron chi connectivity index (χ4n) is 2.69. The molecule has 1 saturated heterocycles. The summed E-state index contributed by atoms with van der Waals surface area (Å²) in [6.45, 7) is 8.94. The van der Waals surface area contributed by atoms with Gasteiger partial charge in [0.25, 0.3) is 0 Å². The van der Waals surface area contributed by atoms with Gasteiger partial charge in [0.15, 0.2) is 5.82 Å². The average Bonchev–Trinajstić information content (AvgIpc) is 2.38. The topological polar surface area (TPSA) is 55.0 Å². The van der Waals surface area contributed by atoms with Crippen molar-refractivity contribution in [2.75, 3.05) is 18.0 Å². The summed E-state index contributed by atoms with van der Waals surface area (Å²) in [6.07, 6.45) is 5.69. The SMILES string of the molecule is CC(C)(C)C1CCN(c2nccnc2C(N)=S)CC1. The number of nitrogens with two attached hydrogens (primary N) is 1. The van der Waals surface area contributed by atoms with E-state index >= 15 is 0 Å². The van der Waals surface area contributed by atoms with E-state index in [1.807, 2.05) is 0 Å². The third-order valence-corrected chi connectivity index (χ3v) is 4.12. The van der Waals surface area contributed by atoms with Crippen molar-refractivity contribution in [1.29, 1.82) is 0 Å². The van der Waals surface area contributed by atoms with E-state index < -0.39 is 0 Å². The number of piperidine rings is 1. The van der Waals surface area contributed by atoms with Gasteiger partial charge in [-0.25, -0.2) is 9.97 Å². The second kappa shape index (κ2) is 5.41. The molecule has 1 aliphatic heterocycles. The molecule has 1 aromatic heterocycles. The highest BCUT2D eigenvalue weighted by Crippen LogP contribution is 2.35. The first kappa shape index (κ1) is 14.2. The van der Waals surface area contributed by atoms with Crippen LogP contribution >= 0.6 is 12.2 Å². The molecule has 0 aromatic carbocycles. The minimum absolute atomic E-state index is 0.320. The number of rotatable bonds is 2. The number of hydrogen-bond donors (Lipinski definition) is 1. The van der Waals surface area contributed by atoms with Crippen molar-refractivity contribution in [3.05, 3.63) is 18.1 Å². The zero-order chi connectivity index (χ0) is 14.0. The lowest BCUT2D eigenvalue weighted by Gasteiger charge is -2.39. The predicted molar refractivity (Wildman–Crippen MR) is 82.3 cm³/mol. The van der Waals surface area contributed by atoms with Gasteiger partial charge in [-0.3, -0.25) is 0 Å². The van der Waals surface area contributed by atoms with Crippen LogP contribution in [0.25, 0.3) is 0 Å². The van der Waals surface area contributed by atoms with Gasteiger partial charge in [0.05, 0.1) is 0 Å². The first-order valence-electron chi connectivity index (χ1n) is 6.75. The molecular formula is C14H22N4S. The predicted octanol–water partition coefficient (Wildman–Crippen LogP) is 2.37. The molecule has 2 rings (SSSR count). The summed E-state index contributed by atoms with van der Waals surface area (Å²) >= 11 is 5.05. The van der Waals surface area contributed by atoms with Crippen LogP contribution in [-0.2, 0) is 0 Å². The molecule has 0 radical (unpaired) electrons. The van der Waals surface area contributed by atoms with Crippen molar-refractivity contribution in [3.63, 3.8) is 0 Å². The largest absolute Gasteiger partial charge is 0.388 e. The molecule has 1 fully saturated rings. The van der Waals surface area contributed by atoms with Gasteiger partial charge >= 0.3 is 0 Å². The van der Waals surface area contributed by atoms with Crippen LogP contribution in [0.1, 0.15) is 39.3 Å². The molecule has 19 heavy (non-hydrogen) atoms. The highest BCUT2D eigenvalue weighted by molar-refractivity contribution is 7.80. The second-order valence-corrected chi connectivity index (χ2v) is 6.66. The van der Waals surface area contributed by atoms with Crippen molar-refractivity contribution in [2.45, 2.75) is 33.6 Å². The quantitative estimate of drug-likeness (QED) is 0.842. The number of thiocarbonyl (C=S) groups is 1. The Morgan fingerprint density at radius 1 is 1.26 bits per heavy atom. The van der Waals surface area contributed by atoms with Crippen LogP contribution in [0.5, 0.6) is 0 Å². The van der Waals surface area contributed by atoms with E-state index in [2.05, 4.69) is 35.6 Å². The Morgan fingerprint density at radius 2 is 1.84 bits per heavy atom. The van der Waals surface area contributed by atoms with Crippen LogP contribution in [0.2, 0.25) is 0 Å². The fraction of sp³-hybridized carbons (Fsp3) is 0.643. The van der Waals surface area contributed by atoms with Crippen molar-refractivity contribution < 1.29 is 0 Å². The van der Waals surface area contributed by atoms with E-state index in [4.69, 9.17) is 18.0 Å². The maximum Gasteiger partial charge on any atom is 0.157 e. The molecule has 0 atom stereocenters. The van der Waals surface area contributed by atoms with Gasteiger partial charge in [0.1, 0.15) is 10.7 Å². The molecule has 5 heteroatoms. The third kappa shape index (κ3) is 3.21. The minimum atomic E-state index is 0.320. The molecule has 0 unspecified atom stereocenters. The molecular weight excluding hydrogens is 256 g/mol. The number of aromatic nitrogens is 2. The summed E-state index contributed by atoms with van der Waals surface area (Å²) in [7, 11) is 0. The van der Waals surface area contributed by atoms with Crippen LogP contribution in [0.4, 0.5) is 5.82 Å². The van der Waals surface area contributed by atoms with Gasteiger partial charge < -0.3 is 10.6 Å². The molecule has 0 bridgehead atoms. The van der Waals surface area contributed by atoms with E-state index in [0.717, 1.165) is 24.8 Å². The van der Waals surface area contributed by atoms with E-state index in [9.17, 15) is 0 Å². The van der Waals surface area contributed by atoms with Crippen LogP contribution in [0.15, 0.2) is 12.4 Å². The Labute approximate surface area is 120 Å². The van der Waals surface area contributed by atoms with Crippen LogP contribution in [0.3, 0.4) is 0 Å². The Morgan fingerprint density at radius 3 is 2.37 bits per heavy atom. The molecule has 0 aliphatic carbocycles. The number of anilines is 1. The smallest absolute Gasteiger partial charge is 0.157 e. The lowest BCUT2D eigenvalue weighted by Crippen LogP contribution is -2.39. The summed E-state index contributed by atoms with van der Waals surface area (Å²) in [6, 6.07) is 0. The monoisotopic (exact) mass is 278 g/mol. The summed E-state index contributed by atoms with van der Waals surface area (Å²) in [5.74, 6) is 1.59. The standard InChI is InChI=1S/C14H22N4S/c1-14(2,3)10-4-8-18(9-5-10)13-11(12(15)19)16-6-7-17-13/h6-7,10H,4-5,8-9H2,1-3H3,(H2,15,19). The average molecular weight is 278 g/mol. The lowest BCUT2D eigenvalue weighted by molar-refractivity contribution is 0.198. The molecule has 0 saturated carbocycles. The van der Waals surface area contributed by atoms with Crippen LogP contribution in [-0.4, -0.2) is 28.0 Å². The molecule has 0 spiro atoms. The third-order valence-electron chi connectivity index (χ3n) is 3.93. The maximum absolute atomic E-state index is 5.72. The van der Waals surface area contributed by atoms with Crippen molar-refractivity contribution >= 4 is 23.0 Å². The molecule has 1 aliphatic rings. The number of hydrogen-bond acceptors (Lipinski definition) is 4. The Balaban J connectivity index is 2.12. The van der Waals surface area contributed by atoms with Crippen LogP contribution in [0, 0.1) is 11.3 Å². The zero-order valence-corrected chi connectivity index (χ0v) is 12.7. The summed E-state index contributed by atoms with van der Waals surface area (Å²) < 4.78 is 0. The molecule has 1 aromatic rings. The molecule has 104 valence electrons. The van der Waals surface area contributed by atoms with E-state index in [1.54, 1.807) is 12.4 Å². The molecule has 4 nitrogen and oxygen atoms in total. The Hall–Kier alpha value is -1.23. The summed E-state index contributed by atoms with van der Waals surface area (Å²) in [5.41, 5.74) is 6.74. The highest BCUT2D eigenvalue weighted by atomic mass is 32.1. The zero-order valence-electron chi connectivity index (χ0n) is 11.9. The fourth-order valence-corrected chi connectivity index (χ4v) is 2.84. The van der Waals surface area contributed by atoms with Gasteiger partial charge in [0, 0.05) is 25.5 Å². The Bertz CT molecular complexity index is 459. The minimum Gasteiger partial charge on any atom is -0.388 e. The number of nitrogens with zero attached hydrogens (tertiary/aromatic N) is 3. The van der Waals surface area contributed by atoms with Crippen LogP contribution < -0.4 is 10.6 Å². The van der Waals surface area contributed by atoms with Gasteiger partial charge in [-0.15, -0.1) is 0 Å². The highest BCUT2D eigenvalue weighted by Gasteiger charge is 2.30. The lowest BCUT2D eigenvalue weighted by atomic mass is 9.75. The van der Waals surface area contributed by atoms with Crippen molar-refractivity contribution in [1.82, 2.24) is 9.97 Å². The molecule has 2 heterocycles. The second-order valence-electron chi connectivity index (χ2n) is 6.22. The molecule has 2 N–H and O–H groups in total. The normalized spacial score (nSPS) is 17.5. The molecule has 0 amide bonds. The summed E-state index contributed by atoms with van der Waals surface area (Å²) in [5, 5.41) is 0. The van der Waals surface area contributed by atoms with Gasteiger partial charge in [0.2, 0.25) is 0 Å². The first-order valence-corrected chi connectivity index (χ1v) is 7.16. The Kier molecular flexibility index (Phi) is 4.04. The summed E-state index contributed by atoms with van der Waals surface area (Å²) in [4.78, 5) is 11.2. The first-order chi connectivity index (χ1) is 8.89. The van der Waals surface area contributed by atoms with Crippen molar-refractivity contribution in [3.8, 4) is 0 Å². The van der Waals surface area contributed by atoms with Crippen molar-refractivity contribution in [2.24, 2.45) is 17.1 Å². The maximum atomic E-state index is 5.72. The van der Waals surface area contributed by atoms with Gasteiger partial charge in [-0.2, -0.15) is 0 Å². The van der Waals surface area contributed by atoms with E-state index in [-0.39, 0.29) is 0 Å².